The Hall–Kier alpha value is -2.57. The molecule has 0 amide bonds. The van der Waals surface area contributed by atoms with Crippen molar-refractivity contribution >= 4 is 17.1 Å². The number of aryl methyl sites for hydroxylation is 2. The smallest absolute Gasteiger partial charge is 0.271 e. The first-order chi connectivity index (χ1) is 8.58. The molecule has 0 fully saturated rings. The van der Waals surface area contributed by atoms with E-state index in [9.17, 15) is 10.1 Å². The highest BCUT2D eigenvalue weighted by atomic mass is 16.6. The van der Waals surface area contributed by atoms with E-state index in [4.69, 9.17) is 4.52 Å². The molecule has 0 radical (unpaired) electrons. The van der Waals surface area contributed by atoms with Crippen LogP contribution in [-0.4, -0.2) is 10.1 Å². The monoisotopic (exact) mass is 246 g/mol. The van der Waals surface area contributed by atoms with Crippen molar-refractivity contribution in [2.24, 2.45) is 10.2 Å². The Labute approximate surface area is 102 Å². The lowest BCUT2D eigenvalue weighted by Gasteiger charge is -1.93. The van der Waals surface area contributed by atoms with Gasteiger partial charge < -0.3 is 4.52 Å². The molecule has 0 N–H and O–H groups in total. The summed E-state index contributed by atoms with van der Waals surface area (Å²) < 4.78 is 4.93. The summed E-state index contributed by atoms with van der Waals surface area (Å²) in [6.07, 6.45) is 0. The fourth-order valence-electron chi connectivity index (χ4n) is 1.40. The minimum Gasteiger partial charge on any atom is -0.359 e. The molecule has 0 aliphatic carbocycles. The fourth-order valence-corrected chi connectivity index (χ4v) is 1.40. The average Bonchev–Trinajstić information content (AvgIpc) is 2.67. The molecule has 7 heteroatoms. The molecule has 0 saturated heterocycles. The van der Waals surface area contributed by atoms with Gasteiger partial charge in [-0.2, -0.15) is 5.11 Å². The van der Waals surface area contributed by atoms with Crippen LogP contribution in [0.25, 0.3) is 0 Å². The number of azo groups is 1. The van der Waals surface area contributed by atoms with Crippen LogP contribution in [0, 0.1) is 24.0 Å². The zero-order valence-electron chi connectivity index (χ0n) is 9.82. The normalized spacial score (nSPS) is 11.0. The first-order valence-electron chi connectivity index (χ1n) is 5.17. The highest BCUT2D eigenvalue weighted by Crippen LogP contribution is 2.26. The predicted molar refractivity (Wildman–Crippen MR) is 63.2 cm³/mol. The lowest BCUT2D eigenvalue weighted by atomic mass is 10.3. The second kappa shape index (κ2) is 4.74. The van der Waals surface area contributed by atoms with Crippen LogP contribution in [-0.2, 0) is 0 Å². The Morgan fingerprint density at radius 2 is 2.11 bits per heavy atom. The van der Waals surface area contributed by atoms with Gasteiger partial charge in [0.15, 0.2) is 11.4 Å². The molecule has 0 aliphatic rings. The van der Waals surface area contributed by atoms with Crippen LogP contribution in [0.2, 0.25) is 0 Å². The predicted octanol–water partition coefficient (Wildman–Crippen LogP) is 3.62. The molecular formula is C11H10N4O3. The maximum absolute atomic E-state index is 10.6. The van der Waals surface area contributed by atoms with E-state index in [0.717, 1.165) is 0 Å². The molecule has 2 aromatic rings. The summed E-state index contributed by atoms with van der Waals surface area (Å²) in [5, 5.41) is 22.3. The third kappa shape index (κ3) is 2.40. The van der Waals surface area contributed by atoms with Gasteiger partial charge in [0.1, 0.15) is 5.69 Å². The quantitative estimate of drug-likeness (QED) is 0.469. The Kier molecular flexibility index (Phi) is 3.13. The first-order valence-corrected chi connectivity index (χ1v) is 5.17. The van der Waals surface area contributed by atoms with Gasteiger partial charge in [-0.05, 0) is 19.9 Å². The van der Waals surface area contributed by atoms with Crippen molar-refractivity contribution in [1.82, 2.24) is 5.16 Å². The number of rotatable bonds is 3. The summed E-state index contributed by atoms with van der Waals surface area (Å²) in [7, 11) is 0. The molecular weight excluding hydrogens is 236 g/mol. The van der Waals surface area contributed by atoms with Crippen LogP contribution < -0.4 is 0 Å². The molecule has 18 heavy (non-hydrogen) atoms. The van der Waals surface area contributed by atoms with E-state index in [1.165, 1.54) is 12.1 Å². The van der Waals surface area contributed by atoms with Crippen molar-refractivity contribution in [2.45, 2.75) is 13.8 Å². The molecule has 1 aromatic carbocycles. The molecule has 1 heterocycles. The van der Waals surface area contributed by atoms with E-state index in [1.807, 2.05) is 0 Å². The number of benzene rings is 1. The van der Waals surface area contributed by atoms with Crippen LogP contribution in [0.1, 0.15) is 11.5 Å². The van der Waals surface area contributed by atoms with Crippen LogP contribution in [0.5, 0.6) is 0 Å². The molecule has 0 unspecified atom stereocenters. The van der Waals surface area contributed by atoms with Gasteiger partial charge in [-0.15, -0.1) is 5.11 Å². The van der Waals surface area contributed by atoms with Crippen molar-refractivity contribution in [3.05, 3.63) is 45.8 Å². The van der Waals surface area contributed by atoms with Crippen molar-refractivity contribution in [1.29, 1.82) is 0 Å². The lowest BCUT2D eigenvalue weighted by Crippen LogP contribution is -1.85. The van der Waals surface area contributed by atoms with E-state index < -0.39 is 4.92 Å². The summed E-state index contributed by atoms with van der Waals surface area (Å²) in [6, 6.07) is 5.94. The summed E-state index contributed by atoms with van der Waals surface area (Å²) in [6.45, 7) is 3.47. The van der Waals surface area contributed by atoms with Crippen LogP contribution in [0.15, 0.2) is 39.0 Å². The van der Waals surface area contributed by atoms with Crippen LogP contribution in [0.4, 0.5) is 17.1 Å². The van der Waals surface area contributed by atoms with Crippen molar-refractivity contribution < 1.29 is 9.45 Å². The van der Waals surface area contributed by atoms with Crippen LogP contribution >= 0.6 is 0 Å². The van der Waals surface area contributed by atoms with Gasteiger partial charge in [-0.3, -0.25) is 10.1 Å². The lowest BCUT2D eigenvalue weighted by molar-refractivity contribution is -0.384. The Morgan fingerprint density at radius 3 is 2.72 bits per heavy atom. The third-order valence-corrected chi connectivity index (χ3v) is 2.30. The summed E-state index contributed by atoms with van der Waals surface area (Å²) in [5.41, 5.74) is 1.55. The number of aromatic nitrogens is 1. The molecule has 92 valence electrons. The summed E-state index contributed by atoms with van der Waals surface area (Å²) in [4.78, 5) is 10.1. The fraction of sp³-hybridized carbons (Fsp3) is 0.182. The van der Waals surface area contributed by atoms with Gasteiger partial charge >= 0.3 is 0 Å². The highest BCUT2D eigenvalue weighted by molar-refractivity contribution is 5.48. The second-order valence-electron chi connectivity index (χ2n) is 3.65. The van der Waals surface area contributed by atoms with Gasteiger partial charge in [0.25, 0.3) is 5.69 Å². The third-order valence-electron chi connectivity index (χ3n) is 2.30. The molecule has 0 atom stereocenters. The first kappa shape index (κ1) is 11.9. The van der Waals surface area contributed by atoms with Gasteiger partial charge in [-0.1, -0.05) is 11.2 Å². The second-order valence-corrected chi connectivity index (χ2v) is 3.65. The van der Waals surface area contributed by atoms with Crippen molar-refractivity contribution in [3.8, 4) is 0 Å². The largest absolute Gasteiger partial charge is 0.359 e. The Bertz CT molecular complexity index is 599. The van der Waals surface area contributed by atoms with E-state index >= 15 is 0 Å². The number of hydrogen-bond acceptors (Lipinski definition) is 6. The Balaban J connectivity index is 2.29. The number of nitro benzene ring substituents is 1. The zero-order valence-corrected chi connectivity index (χ0v) is 9.82. The summed E-state index contributed by atoms with van der Waals surface area (Å²) >= 11 is 0. The van der Waals surface area contributed by atoms with Crippen LogP contribution in [0.3, 0.4) is 0 Å². The maximum Gasteiger partial charge on any atom is 0.271 e. The molecule has 2 rings (SSSR count). The minimum atomic E-state index is -0.477. The summed E-state index contributed by atoms with van der Waals surface area (Å²) in [5.74, 6) is 0.557. The van der Waals surface area contributed by atoms with E-state index in [0.29, 0.717) is 22.8 Å². The molecule has 0 spiro atoms. The number of non-ortho nitro benzene ring substituents is 1. The molecule has 0 aliphatic heterocycles. The zero-order chi connectivity index (χ0) is 13.1. The number of nitro groups is 1. The number of nitrogens with zero attached hydrogens (tertiary/aromatic N) is 4. The van der Waals surface area contributed by atoms with Crippen molar-refractivity contribution in [2.75, 3.05) is 0 Å². The maximum atomic E-state index is 10.6. The van der Waals surface area contributed by atoms with E-state index in [1.54, 1.807) is 26.0 Å². The molecule has 7 nitrogen and oxygen atoms in total. The van der Waals surface area contributed by atoms with Gasteiger partial charge in [0, 0.05) is 12.1 Å². The van der Waals surface area contributed by atoms with Gasteiger partial charge in [0.05, 0.1) is 10.6 Å². The molecule has 1 aromatic heterocycles. The standard InChI is InChI=1S/C11H10N4O3/c1-7-11(8(2)18-14-7)13-12-9-4-3-5-10(6-9)15(16)17/h3-6H,1-2H3. The van der Waals surface area contributed by atoms with Crippen molar-refractivity contribution in [3.63, 3.8) is 0 Å². The minimum absolute atomic E-state index is 0.0230. The van der Waals surface area contributed by atoms with E-state index in [2.05, 4.69) is 15.4 Å². The highest BCUT2D eigenvalue weighted by Gasteiger charge is 2.08. The van der Waals surface area contributed by atoms with Gasteiger partial charge in [-0.25, -0.2) is 0 Å². The van der Waals surface area contributed by atoms with E-state index in [-0.39, 0.29) is 5.69 Å². The SMILES string of the molecule is Cc1noc(C)c1N=Nc1cccc([N+](=O)[O-])c1. The van der Waals surface area contributed by atoms with Gasteiger partial charge in [0.2, 0.25) is 0 Å². The molecule has 0 saturated carbocycles. The average molecular weight is 246 g/mol. The Morgan fingerprint density at radius 1 is 1.33 bits per heavy atom. The number of hydrogen-bond donors (Lipinski definition) is 0. The molecule has 0 bridgehead atoms. The topological polar surface area (TPSA) is 93.9 Å².